The molecule has 4 bridgehead atoms. The summed E-state index contributed by atoms with van der Waals surface area (Å²) in [6.07, 6.45) is 8.50. The molecule has 14 rings (SSSR count). The third kappa shape index (κ3) is 6.47. The van der Waals surface area contributed by atoms with Gasteiger partial charge in [-0.2, -0.15) is 0 Å². The summed E-state index contributed by atoms with van der Waals surface area (Å²) in [4.78, 5) is 4.81. The zero-order chi connectivity index (χ0) is 42.9. The van der Waals surface area contributed by atoms with Gasteiger partial charge in [-0.25, -0.2) is 0 Å². The van der Waals surface area contributed by atoms with E-state index in [1.54, 1.807) is 5.56 Å². The Hall–Kier alpha value is -7.36. The largest absolute Gasteiger partial charge is 0.311 e. The van der Waals surface area contributed by atoms with Crippen LogP contribution in [0, 0.1) is 17.8 Å². The third-order valence-electron chi connectivity index (χ3n) is 15.3. The lowest BCUT2D eigenvalue weighted by atomic mass is 9.47. The van der Waals surface area contributed by atoms with Crippen LogP contribution in [-0.2, 0) is 5.41 Å². The monoisotopic (exact) mass is 837 g/mol. The Bertz CT molecular complexity index is 3240. The van der Waals surface area contributed by atoms with Gasteiger partial charge < -0.3 is 14.4 Å². The predicted molar refractivity (Wildman–Crippen MR) is 273 cm³/mol. The summed E-state index contributed by atoms with van der Waals surface area (Å²) >= 11 is 0. The molecule has 0 radical (unpaired) electrons. The first-order valence-corrected chi connectivity index (χ1v) is 23.7. The first kappa shape index (κ1) is 38.1. The van der Waals surface area contributed by atoms with E-state index in [0.717, 1.165) is 46.2 Å². The van der Waals surface area contributed by atoms with Crippen molar-refractivity contribution < 1.29 is 0 Å². The van der Waals surface area contributed by atoms with Crippen LogP contribution in [0.2, 0.25) is 0 Å². The molecule has 4 aliphatic rings. The number of anilines is 6. The first-order chi connectivity index (χ1) is 32.2. The highest BCUT2D eigenvalue weighted by Crippen LogP contribution is 2.62. The minimum absolute atomic E-state index is 0.332. The van der Waals surface area contributed by atoms with Gasteiger partial charge >= 0.3 is 0 Å². The van der Waals surface area contributed by atoms with E-state index in [9.17, 15) is 0 Å². The second kappa shape index (κ2) is 15.4. The Morgan fingerprint density at radius 2 is 0.738 bits per heavy atom. The molecule has 4 fully saturated rings. The molecule has 0 atom stereocenters. The molecule has 0 spiro atoms. The molecule has 0 saturated heterocycles. The Labute approximate surface area is 381 Å². The highest BCUT2D eigenvalue weighted by molar-refractivity contribution is 6.09. The van der Waals surface area contributed by atoms with Gasteiger partial charge in [-0.05, 0) is 175 Å². The van der Waals surface area contributed by atoms with Crippen molar-refractivity contribution in [1.29, 1.82) is 0 Å². The van der Waals surface area contributed by atoms with Gasteiger partial charge in [0.1, 0.15) is 0 Å². The van der Waals surface area contributed by atoms with Gasteiger partial charge in [0.2, 0.25) is 0 Å². The molecular formula is C62H51N3. The molecule has 0 unspecified atom stereocenters. The van der Waals surface area contributed by atoms with Gasteiger partial charge in [0, 0.05) is 50.3 Å². The zero-order valence-electron chi connectivity index (χ0n) is 36.6. The lowest BCUT2D eigenvalue weighted by Crippen LogP contribution is -2.48. The smallest absolute Gasteiger partial charge is 0.0541 e. The van der Waals surface area contributed by atoms with Gasteiger partial charge in [-0.15, -0.1) is 0 Å². The molecule has 0 amide bonds. The van der Waals surface area contributed by atoms with Crippen LogP contribution in [0.25, 0.3) is 49.4 Å². The second-order valence-corrected chi connectivity index (χ2v) is 19.2. The van der Waals surface area contributed by atoms with E-state index in [4.69, 9.17) is 0 Å². The predicted octanol–water partition coefficient (Wildman–Crippen LogP) is 17.0. The molecule has 0 aliphatic heterocycles. The summed E-state index contributed by atoms with van der Waals surface area (Å²) < 4.78 is 2.38. The van der Waals surface area contributed by atoms with Crippen LogP contribution < -0.4 is 9.80 Å². The van der Waals surface area contributed by atoms with E-state index < -0.39 is 0 Å². The molecule has 1 heterocycles. The second-order valence-electron chi connectivity index (χ2n) is 19.2. The van der Waals surface area contributed by atoms with Crippen LogP contribution in [0.15, 0.2) is 218 Å². The topological polar surface area (TPSA) is 11.4 Å². The Morgan fingerprint density at radius 3 is 1.26 bits per heavy atom. The van der Waals surface area contributed by atoms with Crippen LogP contribution in [0.4, 0.5) is 34.1 Å². The number of fused-ring (bicyclic) bond motifs is 4. The summed E-state index contributed by atoms with van der Waals surface area (Å²) in [7, 11) is 0. The summed E-state index contributed by atoms with van der Waals surface area (Å²) in [6, 6.07) is 80.4. The van der Waals surface area contributed by atoms with Crippen LogP contribution in [0.1, 0.15) is 44.1 Å². The molecule has 314 valence electrons. The van der Waals surface area contributed by atoms with Crippen molar-refractivity contribution in [3.05, 3.63) is 224 Å². The van der Waals surface area contributed by atoms with Crippen LogP contribution >= 0.6 is 0 Å². The molecule has 3 heteroatoms. The standard InChI is InChI=1S/C62H51N3/c1-3-13-48(14-4-1)63(51-31-33-53(34-32-51)65-59-21-11-9-19-56(59)57-20-10-12-22-60(57)65)50-27-23-46(24-28-50)47-25-29-52(30-26-47)64(49-15-5-2-6-16-49)61-36-35-58(54-17-7-8-18-55(54)61)62-40-43-37-44(41-62)39-45(38-43)42-62/h1-36,43-45H,37-42H2. The van der Waals surface area contributed by atoms with E-state index >= 15 is 0 Å². The Balaban J connectivity index is 0.827. The van der Waals surface area contributed by atoms with Crippen molar-refractivity contribution in [3.8, 4) is 16.8 Å². The van der Waals surface area contributed by atoms with E-state index in [0.29, 0.717) is 5.41 Å². The first-order valence-electron chi connectivity index (χ1n) is 23.7. The van der Waals surface area contributed by atoms with Crippen LogP contribution in [0.3, 0.4) is 0 Å². The number of nitrogens with zero attached hydrogens (tertiary/aromatic N) is 3. The molecule has 1 aromatic heterocycles. The zero-order valence-corrected chi connectivity index (χ0v) is 36.6. The molecular weight excluding hydrogens is 787 g/mol. The fourth-order valence-electron chi connectivity index (χ4n) is 13.0. The quantitative estimate of drug-likeness (QED) is 0.143. The van der Waals surface area contributed by atoms with Crippen LogP contribution in [0.5, 0.6) is 0 Å². The fraction of sp³-hybridized carbons (Fsp3) is 0.161. The average molecular weight is 838 g/mol. The average Bonchev–Trinajstić information content (AvgIpc) is 3.69. The summed E-state index contributed by atoms with van der Waals surface area (Å²) in [5, 5.41) is 5.32. The number of rotatable bonds is 9. The lowest BCUT2D eigenvalue weighted by molar-refractivity contribution is -0.00449. The number of aromatic nitrogens is 1. The number of para-hydroxylation sites is 4. The number of hydrogen-bond acceptors (Lipinski definition) is 2. The van der Waals surface area contributed by atoms with Gasteiger partial charge in [0.05, 0.1) is 16.7 Å². The SMILES string of the molecule is c1ccc(N(c2ccc(-c3ccc(N(c4ccccc4)c4ccc(C56CC7CC(CC(C7)C5)C6)c5ccccc45)cc3)cc2)c2ccc(-n3c4ccccc4c4ccccc43)cc2)cc1. The maximum atomic E-state index is 2.52. The van der Waals surface area contributed by atoms with E-state index in [-0.39, 0.29) is 0 Å². The summed E-state index contributed by atoms with van der Waals surface area (Å²) in [5.41, 5.74) is 14.8. The maximum absolute atomic E-state index is 2.52. The van der Waals surface area contributed by atoms with Crippen molar-refractivity contribution in [3.63, 3.8) is 0 Å². The summed E-state index contributed by atoms with van der Waals surface area (Å²) in [6.45, 7) is 0. The number of hydrogen-bond donors (Lipinski definition) is 0. The van der Waals surface area contributed by atoms with Crippen molar-refractivity contribution in [1.82, 2.24) is 4.57 Å². The molecule has 0 N–H and O–H groups in total. The molecule has 10 aromatic rings. The van der Waals surface area contributed by atoms with Gasteiger partial charge in [0.15, 0.2) is 0 Å². The Kier molecular flexibility index (Phi) is 9.04. The molecule has 9 aromatic carbocycles. The Morgan fingerprint density at radius 1 is 0.338 bits per heavy atom. The van der Waals surface area contributed by atoms with E-state index in [1.807, 2.05) is 0 Å². The minimum atomic E-state index is 0.332. The molecule has 65 heavy (non-hydrogen) atoms. The summed E-state index contributed by atoms with van der Waals surface area (Å²) in [5.74, 6) is 2.73. The lowest BCUT2D eigenvalue weighted by Gasteiger charge is -2.57. The van der Waals surface area contributed by atoms with Gasteiger partial charge in [-0.3, -0.25) is 0 Å². The normalized spacial score (nSPS) is 19.8. The van der Waals surface area contributed by atoms with Crippen molar-refractivity contribution in [2.45, 2.75) is 43.9 Å². The van der Waals surface area contributed by atoms with Crippen LogP contribution in [-0.4, -0.2) is 4.57 Å². The van der Waals surface area contributed by atoms with E-state index in [2.05, 4.69) is 233 Å². The van der Waals surface area contributed by atoms with Gasteiger partial charge in [-0.1, -0.05) is 127 Å². The molecule has 4 aliphatic carbocycles. The van der Waals surface area contributed by atoms with E-state index in [1.165, 1.54) is 93.6 Å². The third-order valence-corrected chi connectivity index (χ3v) is 15.3. The maximum Gasteiger partial charge on any atom is 0.0541 e. The van der Waals surface area contributed by atoms with Crippen molar-refractivity contribution in [2.24, 2.45) is 17.8 Å². The molecule has 4 saturated carbocycles. The van der Waals surface area contributed by atoms with Crippen molar-refractivity contribution in [2.75, 3.05) is 9.80 Å². The minimum Gasteiger partial charge on any atom is -0.311 e. The highest BCUT2D eigenvalue weighted by atomic mass is 15.1. The number of benzene rings is 9. The van der Waals surface area contributed by atoms with Crippen molar-refractivity contribution >= 4 is 66.7 Å². The molecule has 3 nitrogen and oxygen atoms in total. The van der Waals surface area contributed by atoms with Gasteiger partial charge in [0.25, 0.3) is 0 Å². The highest BCUT2D eigenvalue weighted by Gasteiger charge is 2.52. The fourth-order valence-corrected chi connectivity index (χ4v) is 13.0.